The highest BCUT2D eigenvalue weighted by Crippen LogP contribution is 2.26. The molecule has 1 aliphatic heterocycles. The molecule has 7 heteroatoms. The minimum absolute atomic E-state index is 0.0733. The van der Waals surface area contributed by atoms with E-state index in [-0.39, 0.29) is 18.2 Å². The highest BCUT2D eigenvalue weighted by molar-refractivity contribution is 5.68. The molecule has 172 valence electrons. The highest BCUT2D eigenvalue weighted by atomic mass is 16.6. The maximum atomic E-state index is 13.4. The molecule has 1 aliphatic rings. The second kappa shape index (κ2) is 9.10. The highest BCUT2D eigenvalue weighted by Gasteiger charge is 2.28. The van der Waals surface area contributed by atoms with Crippen molar-refractivity contribution in [2.24, 2.45) is 0 Å². The Bertz CT molecular complexity index is 1210. The van der Waals surface area contributed by atoms with Gasteiger partial charge in [0.1, 0.15) is 22.9 Å². The Morgan fingerprint density at radius 1 is 1.06 bits per heavy atom. The van der Waals surface area contributed by atoms with Gasteiger partial charge in [0, 0.05) is 17.7 Å². The van der Waals surface area contributed by atoms with Crippen LogP contribution in [0.2, 0.25) is 0 Å². The molecule has 0 radical (unpaired) electrons. The molecule has 0 saturated heterocycles. The lowest BCUT2D eigenvalue weighted by molar-refractivity contribution is 0.0220. The zero-order chi connectivity index (χ0) is 23.6. The smallest absolute Gasteiger partial charge is 0.410 e. The molecular weight excluding hydrogens is 418 g/mol. The second-order valence-electron chi connectivity index (χ2n) is 9.15. The summed E-state index contributed by atoms with van der Waals surface area (Å²) in [5.74, 6) is 2.03. The first-order valence-corrected chi connectivity index (χ1v) is 11.1. The van der Waals surface area contributed by atoms with Crippen LogP contribution in [-0.2, 0) is 24.2 Å². The predicted octanol–water partition coefficient (Wildman–Crippen LogP) is 4.69. The third kappa shape index (κ3) is 5.25. The maximum absolute atomic E-state index is 13.4. The molecule has 0 bridgehead atoms. The summed E-state index contributed by atoms with van der Waals surface area (Å²) in [7, 11) is 0. The van der Waals surface area contributed by atoms with Gasteiger partial charge in [-0.25, -0.2) is 9.78 Å². The quantitative estimate of drug-likeness (QED) is 0.580. The number of benzene rings is 2. The van der Waals surface area contributed by atoms with E-state index in [1.807, 2.05) is 82.3 Å². The van der Waals surface area contributed by atoms with Crippen LogP contribution in [0.25, 0.3) is 0 Å². The van der Waals surface area contributed by atoms with E-state index in [4.69, 9.17) is 9.47 Å². The zero-order valence-corrected chi connectivity index (χ0v) is 19.5. The minimum Gasteiger partial charge on any atom is -0.457 e. The van der Waals surface area contributed by atoms with Crippen LogP contribution in [0.1, 0.15) is 43.4 Å². The van der Waals surface area contributed by atoms with Crippen LogP contribution >= 0.6 is 0 Å². The number of carbonyl (C=O) groups excluding carboxylic acids is 1. The van der Waals surface area contributed by atoms with E-state index in [1.54, 1.807) is 9.47 Å². The van der Waals surface area contributed by atoms with Crippen molar-refractivity contribution < 1.29 is 14.3 Å². The Balaban J connectivity index is 1.59. The number of hydrogen-bond acceptors (Lipinski definition) is 5. The normalized spacial score (nSPS) is 13.4. The molecule has 2 aromatic carbocycles. The summed E-state index contributed by atoms with van der Waals surface area (Å²) in [6.45, 7) is 8.37. The Hall–Kier alpha value is -3.61. The molecule has 3 aromatic rings. The number of amides is 1. The number of fused-ring (bicyclic) bond motifs is 1. The average molecular weight is 448 g/mol. The van der Waals surface area contributed by atoms with Crippen molar-refractivity contribution in [3.05, 3.63) is 87.6 Å². The first-order valence-electron chi connectivity index (χ1n) is 11.1. The standard InChI is InChI=1S/C26H29N3O4/c1-18-27-22-17-28(25(31)33-26(2,3)4)15-14-21(22)24(30)29(18)16-19-10-8-9-13-23(19)32-20-11-6-5-7-12-20/h5-13H,14-17H2,1-4H3. The number of hydrogen-bond donors (Lipinski definition) is 0. The molecule has 0 fully saturated rings. The van der Waals surface area contributed by atoms with E-state index >= 15 is 0 Å². The van der Waals surface area contributed by atoms with Crippen molar-refractivity contribution in [3.63, 3.8) is 0 Å². The average Bonchev–Trinajstić information content (AvgIpc) is 2.77. The Morgan fingerprint density at radius 3 is 2.48 bits per heavy atom. The number of carbonyl (C=O) groups is 1. The van der Waals surface area contributed by atoms with Crippen LogP contribution < -0.4 is 10.3 Å². The van der Waals surface area contributed by atoms with Crippen molar-refractivity contribution in [1.29, 1.82) is 0 Å². The van der Waals surface area contributed by atoms with Crippen LogP contribution in [-0.4, -0.2) is 32.7 Å². The number of ether oxygens (including phenoxy) is 2. The van der Waals surface area contributed by atoms with Crippen LogP contribution in [0, 0.1) is 6.92 Å². The van der Waals surface area contributed by atoms with Crippen molar-refractivity contribution >= 4 is 6.09 Å². The van der Waals surface area contributed by atoms with E-state index in [2.05, 4.69) is 4.98 Å². The van der Waals surface area contributed by atoms with E-state index in [1.165, 1.54) is 0 Å². The lowest BCUT2D eigenvalue weighted by Crippen LogP contribution is -2.43. The summed E-state index contributed by atoms with van der Waals surface area (Å²) in [6, 6.07) is 17.2. The first kappa shape index (κ1) is 22.6. The largest absolute Gasteiger partial charge is 0.457 e. The first-order chi connectivity index (χ1) is 15.7. The Kier molecular flexibility index (Phi) is 6.22. The maximum Gasteiger partial charge on any atom is 0.410 e. The summed E-state index contributed by atoms with van der Waals surface area (Å²) >= 11 is 0. The van der Waals surface area contributed by atoms with E-state index in [9.17, 15) is 9.59 Å². The summed E-state index contributed by atoms with van der Waals surface area (Å²) in [4.78, 5) is 32.1. The fourth-order valence-corrected chi connectivity index (χ4v) is 3.83. The van der Waals surface area contributed by atoms with Gasteiger partial charge in [0.25, 0.3) is 5.56 Å². The van der Waals surface area contributed by atoms with Gasteiger partial charge in [0.05, 0.1) is 18.8 Å². The van der Waals surface area contributed by atoms with Gasteiger partial charge < -0.3 is 14.4 Å². The van der Waals surface area contributed by atoms with Gasteiger partial charge in [-0.05, 0) is 52.3 Å². The number of rotatable bonds is 4. The van der Waals surface area contributed by atoms with Gasteiger partial charge in [-0.3, -0.25) is 9.36 Å². The topological polar surface area (TPSA) is 73.7 Å². The van der Waals surface area contributed by atoms with Gasteiger partial charge in [0.2, 0.25) is 0 Å². The zero-order valence-electron chi connectivity index (χ0n) is 19.5. The van der Waals surface area contributed by atoms with E-state index in [0.717, 1.165) is 11.3 Å². The van der Waals surface area contributed by atoms with Gasteiger partial charge in [0.15, 0.2) is 0 Å². The fourth-order valence-electron chi connectivity index (χ4n) is 3.83. The molecule has 0 N–H and O–H groups in total. The third-order valence-corrected chi connectivity index (χ3v) is 5.44. The van der Waals surface area contributed by atoms with Gasteiger partial charge in [-0.15, -0.1) is 0 Å². The number of para-hydroxylation sites is 2. The van der Waals surface area contributed by atoms with Crippen LogP contribution in [0.4, 0.5) is 4.79 Å². The van der Waals surface area contributed by atoms with Crippen molar-refractivity contribution in [2.75, 3.05) is 6.54 Å². The van der Waals surface area contributed by atoms with Gasteiger partial charge >= 0.3 is 6.09 Å². The third-order valence-electron chi connectivity index (χ3n) is 5.44. The van der Waals surface area contributed by atoms with Crippen LogP contribution in [0.5, 0.6) is 11.5 Å². The monoisotopic (exact) mass is 447 g/mol. The van der Waals surface area contributed by atoms with Crippen molar-refractivity contribution in [2.45, 2.75) is 52.8 Å². The molecule has 0 spiro atoms. The Labute approximate surface area is 193 Å². The number of aryl methyl sites for hydroxylation is 1. The molecule has 1 aromatic heterocycles. The van der Waals surface area contributed by atoms with E-state index < -0.39 is 5.60 Å². The molecule has 0 saturated carbocycles. The Morgan fingerprint density at radius 2 is 1.76 bits per heavy atom. The lowest BCUT2D eigenvalue weighted by Gasteiger charge is -2.31. The molecule has 2 heterocycles. The van der Waals surface area contributed by atoms with Crippen molar-refractivity contribution in [3.8, 4) is 11.5 Å². The molecule has 0 atom stereocenters. The number of nitrogens with zero attached hydrogens (tertiary/aromatic N) is 3. The molecular formula is C26H29N3O4. The lowest BCUT2D eigenvalue weighted by atomic mass is 10.1. The minimum atomic E-state index is -0.570. The van der Waals surface area contributed by atoms with E-state index in [0.29, 0.717) is 42.3 Å². The molecule has 1 amide bonds. The number of aromatic nitrogens is 2. The summed E-state index contributed by atoms with van der Waals surface area (Å²) in [5.41, 5.74) is 1.54. The SMILES string of the molecule is Cc1nc2c(c(=O)n1Cc1ccccc1Oc1ccccc1)CCN(C(=O)OC(C)(C)C)C2. The fraction of sp³-hybridized carbons (Fsp3) is 0.346. The van der Waals surface area contributed by atoms with Crippen molar-refractivity contribution in [1.82, 2.24) is 14.5 Å². The summed E-state index contributed by atoms with van der Waals surface area (Å²) in [5, 5.41) is 0. The van der Waals surface area contributed by atoms with Crippen LogP contribution in [0.15, 0.2) is 59.4 Å². The van der Waals surface area contributed by atoms with Gasteiger partial charge in [-0.1, -0.05) is 36.4 Å². The molecule has 33 heavy (non-hydrogen) atoms. The second-order valence-corrected chi connectivity index (χ2v) is 9.15. The van der Waals surface area contributed by atoms with Crippen LogP contribution in [0.3, 0.4) is 0 Å². The molecule has 7 nitrogen and oxygen atoms in total. The molecule has 0 aliphatic carbocycles. The molecule has 4 rings (SSSR count). The molecule has 0 unspecified atom stereocenters. The predicted molar refractivity (Wildman–Crippen MR) is 126 cm³/mol. The summed E-state index contributed by atoms with van der Waals surface area (Å²) in [6.07, 6.45) is 0.0619. The van der Waals surface area contributed by atoms with Gasteiger partial charge in [-0.2, -0.15) is 0 Å². The summed E-state index contributed by atoms with van der Waals surface area (Å²) < 4.78 is 13.2.